The van der Waals surface area contributed by atoms with Crippen molar-refractivity contribution < 1.29 is 0 Å². The van der Waals surface area contributed by atoms with Crippen molar-refractivity contribution in [2.45, 2.75) is 54.9 Å². The zero-order valence-electron chi connectivity index (χ0n) is 38.0. The molecule has 1 unspecified atom stereocenters. The van der Waals surface area contributed by atoms with Crippen LogP contribution in [0.25, 0.3) is 66.5 Å². The number of fused-ring (bicyclic) bond motifs is 5. The van der Waals surface area contributed by atoms with Crippen LogP contribution in [0.15, 0.2) is 212 Å². The molecular weight excluding hydrogens is 761 g/mol. The van der Waals surface area contributed by atoms with Gasteiger partial charge in [0.25, 0.3) is 0 Å². The van der Waals surface area contributed by atoms with Gasteiger partial charge in [-0.25, -0.2) is 0 Å². The van der Waals surface area contributed by atoms with Crippen LogP contribution >= 0.6 is 0 Å². The van der Waals surface area contributed by atoms with Crippen LogP contribution in [0.5, 0.6) is 0 Å². The standard InChI is InChI=1S/C51H38N2.2C4H8.C2H6/c1-35-25-31-42-47-34-41(52(38-17-7-3-8-18-38)39-19-9-4-10-20-39)30-32-48(47)53(49(42)33-35)40-28-26-37(27-29-40)51-45-23-13-11-21-43(45)50(36-15-5-2-6-16-36)44-22-12-14-24-46(44)51;2*1-3-4-2;1-2/h2-32,34-35H,33H2,1H3;2*3-4H,1-2H3;1-2H3/b;2*4-3-;. The minimum absolute atomic E-state index is 0.468. The van der Waals surface area contributed by atoms with Crippen molar-refractivity contribution in [1.29, 1.82) is 0 Å². The number of para-hydroxylation sites is 2. The van der Waals surface area contributed by atoms with Crippen molar-refractivity contribution in [2.75, 3.05) is 4.90 Å². The highest BCUT2D eigenvalue weighted by Crippen LogP contribution is 2.45. The van der Waals surface area contributed by atoms with E-state index < -0.39 is 0 Å². The maximum atomic E-state index is 2.50. The van der Waals surface area contributed by atoms with E-state index in [1.807, 2.05) is 65.8 Å². The average Bonchev–Trinajstić information content (AvgIpc) is 3.67. The fourth-order valence-electron chi connectivity index (χ4n) is 8.54. The van der Waals surface area contributed by atoms with Gasteiger partial charge in [0, 0.05) is 39.4 Å². The van der Waals surface area contributed by atoms with Gasteiger partial charge < -0.3 is 9.47 Å². The lowest BCUT2D eigenvalue weighted by Gasteiger charge is -2.25. The fourth-order valence-corrected chi connectivity index (χ4v) is 8.54. The number of hydrogen-bond acceptors (Lipinski definition) is 1. The van der Waals surface area contributed by atoms with Crippen LogP contribution in [0.2, 0.25) is 0 Å². The van der Waals surface area contributed by atoms with E-state index in [9.17, 15) is 0 Å². The van der Waals surface area contributed by atoms with Gasteiger partial charge in [-0.3, -0.25) is 0 Å². The molecule has 1 aliphatic rings. The van der Waals surface area contributed by atoms with Gasteiger partial charge in [0.2, 0.25) is 0 Å². The molecule has 1 atom stereocenters. The van der Waals surface area contributed by atoms with E-state index in [0.717, 1.165) is 23.5 Å². The molecule has 2 nitrogen and oxygen atoms in total. The molecule has 2 heteroatoms. The zero-order valence-corrected chi connectivity index (χ0v) is 38.0. The van der Waals surface area contributed by atoms with Crippen molar-refractivity contribution in [3.05, 3.63) is 224 Å². The smallest absolute Gasteiger partial charge is 0.0539 e. The molecule has 0 radical (unpaired) electrons. The topological polar surface area (TPSA) is 8.17 Å². The predicted octanol–water partition coefficient (Wildman–Crippen LogP) is 18.1. The monoisotopic (exact) mass is 820 g/mol. The molecular formula is C61H60N2. The molecule has 0 spiro atoms. The molecule has 0 fully saturated rings. The number of hydrogen-bond donors (Lipinski definition) is 0. The summed E-state index contributed by atoms with van der Waals surface area (Å²) in [6.07, 6.45) is 13.7. The Morgan fingerprint density at radius 3 is 1.35 bits per heavy atom. The Balaban J connectivity index is 0.000000545. The minimum Gasteiger partial charge on any atom is -0.313 e. The van der Waals surface area contributed by atoms with Gasteiger partial charge in [0.1, 0.15) is 0 Å². The third-order valence-corrected chi connectivity index (χ3v) is 11.6. The van der Waals surface area contributed by atoms with Crippen molar-refractivity contribution >= 4 is 55.6 Å². The van der Waals surface area contributed by atoms with Crippen LogP contribution in [-0.4, -0.2) is 4.57 Å². The molecule has 63 heavy (non-hydrogen) atoms. The molecule has 1 aliphatic carbocycles. The Morgan fingerprint density at radius 1 is 0.460 bits per heavy atom. The minimum atomic E-state index is 0.468. The van der Waals surface area contributed by atoms with E-state index in [4.69, 9.17) is 0 Å². The molecule has 1 aromatic heterocycles. The van der Waals surface area contributed by atoms with Crippen molar-refractivity contribution in [3.63, 3.8) is 0 Å². The van der Waals surface area contributed by atoms with Crippen molar-refractivity contribution in [2.24, 2.45) is 5.92 Å². The summed E-state index contributed by atoms with van der Waals surface area (Å²) in [6.45, 7) is 14.3. The Labute approximate surface area is 375 Å². The summed E-state index contributed by atoms with van der Waals surface area (Å²) >= 11 is 0. The number of aromatic nitrogens is 1. The molecule has 0 saturated heterocycles. The largest absolute Gasteiger partial charge is 0.313 e. The van der Waals surface area contributed by atoms with E-state index >= 15 is 0 Å². The van der Waals surface area contributed by atoms with Crippen LogP contribution in [0.3, 0.4) is 0 Å². The van der Waals surface area contributed by atoms with Crippen LogP contribution in [-0.2, 0) is 6.42 Å². The van der Waals surface area contributed by atoms with Gasteiger partial charge >= 0.3 is 0 Å². The number of rotatable bonds is 6. The third-order valence-electron chi connectivity index (χ3n) is 11.6. The summed E-state index contributed by atoms with van der Waals surface area (Å²) in [5, 5.41) is 6.37. The maximum Gasteiger partial charge on any atom is 0.0539 e. The second-order valence-electron chi connectivity index (χ2n) is 15.5. The molecule has 0 saturated carbocycles. The summed E-state index contributed by atoms with van der Waals surface area (Å²) in [7, 11) is 0. The van der Waals surface area contributed by atoms with Gasteiger partial charge in [-0.1, -0.05) is 185 Å². The lowest BCUT2D eigenvalue weighted by Crippen LogP contribution is -2.09. The Morgan fingerprint density at radius 2 is 0.889 bits per heavy atom. The number of benzene rings is 8. The summed E-state index contributed by atoms with van der Waals surface area (Å²) in [5.41, 5.74) is 13.6. The summed E-state index contributed by atoms with van der Waals surface area (Å²) < 4.78 is 2.50. The first-order valence-corrected chi connectivity index (χ1v) is 22.6. The molecule has 1 heterocycles. The molecule has 0 amide bonds. The summed E-state index contributed by atoms with van der Waals surface area (Å²) in [5.74, 6) is 0.468. The first-order chi connectivity index (χ1) is 31.1. The Bertz CT molecular complexity index is 2850. The van der Waals surface area contributed by atoms with E-state index in [1.54, 1.807) is 0 Å². The Hall–Kier alpha value is -7.16. The van der Waals surface area contributed by atoms with Crippen molar-refractivity contribution in [3.8, 4) is 27.9 Å². The molecule has 314 valence electrons. The van der Waals surface area contributed by atoms with Gasteiger partial charge in [-0.2, -0.15) is 0 Å². The van der Waals surface area contributed by atoms with E-state index in [0.29, 0.717) is 5.92 Å². The first-order valence-electron chi connectivity index (χ1n) is 22.6. The molecule has 9 aromatic rings. The molecule has 8 aromatic carbocycles. The first kappa shape index (κ1) is 43.9. The average molecular weight is 821 g/mol. The number of anilines is 3. The summed E-state index contributed by atoms with van der Waals surface area (Å²) in [4.78, 5) is 2.35. The third kappa shape index (κ3) is 9.22. The van der Waals surface area contributed by atoms with Gasteiger partial charge in [0.15, 0.2) is 0 Å². The quantitative estimate of drug-likeness (QED) is 0.120. The van der Waals surface area contributed by atoms with Crippen LogP contribution in [0.1, 0.15) is 59.7 Å². The van der Waals surface area contributed by atoms with E-state index in [-0.39, 0.29) is 0 Å². The van der Waals surface area contributed by atoms with E-state index in [2.05, 4.69) is 211 Å². The maximum absolute atomic E-state index is 2.50. The highest BCUT2D eigenvalue weighted by atomic mass is 15.1. The highest BCUT2D eigenvalue weighted by molar-refractivity contribution is 6.21. The fraction of sp³-hybridized carbons (Fsp3) is 0.148. The van der Waals surface area contributed by atoms with Gasteiger partial charge in [-0.15, -0.1) is 0 Å². The Kier molecular flexibility index (Phi) is 14.7. The lowest BCUT2D eigenvalue weighted by atomic mass is 9.86. The number of allylic oxidation sites excluding steroid dienone is 5. The highest BCUT2D eigenvalue weighted by Gasteiger charge is 2.23. The second kappa shape index (κ2) is 21.1. The molecule has 0 bridgehead atoms. The van der Waals surface area contributed by atoms with E-state index in [1.165, 1.54) is 71.6 Å². The van der Waals surface area contributed by atoms with Gasteiger partial charge in [-0.05, 0) is 138 Å². The second-order valence-corrected chi connectivity index (χ2v) is 15.5. The molecule has 10 rings (SSSR count). The SMILES string of the molecule is C/C=C\C.C/C=C\C.CC.CC1C=Cc2c(n(-c3ccc(-c4c5ccccc5c(-c5ccccc5)c5ccccc45)cc3)c3ccc(N(c4ccccc4)c4ccccc4)cc23)C1. The normalized spacial score (nSPS) is 12.9. The van der Waals surface area contributed by atoms with Crippen LogP contribution in [0, 0.1) is 5.92 Å². The molecule has 0 aliphatic heterocycles. The molecule has 0 N–H and O–H groups in total. The number of nitrogens with zero attached hydrogens (tertiary/aromatic N) is 2. The predicted molar refractivity (Wildman–Crippen MR) is 278 cm³/mol. The van der Waals surface area contributed by atoms with Crippen molar-refractivity contribution in [1.82, 2.24) is 4.57 Å². The van der Waals surface area contributed by atoms with Crippen LogP contribution < -0.4 is 4.90 Å². The lowest BCUT2D eigenvalue weighted by molar-refractivity contribution is 0.690. The van der Waals surface area contributed by atoms with Crippen LogP contribution in [0.4, 0.5) is 17.1 Å². The zero-order chi connectivity index (χ0) is 44.1. The summed E-state index contributed by atoms with van der Waals surface area (Å²) in [6, 6.07) is 66.2. The van der Waals surface area contributed by atoms with Gasteiger partial charge in [0.05, 0.1) is 5.52 Å².